The van der Waals surface area contributed by atoms with Gasteiger partial charge in [-0.2, -0.15) is 5.26 Å². The summed E-state index contributed by atoms with van der Waals surface area (Å²) in [5.74, 6) is -0.778. The number of nitrogens with zero attached hydrogens (tertiary/aromatic N) is 1. The van der Waals surface area contributed by atoms with Crippen LogP contribution in [0, 0.1) is 17.1 Å². The van der Waals surface area contributed by atoms with Crippen molar-refractivity contribution in [1.82, 2.24) is 0 Å². The van der Waals surface area contributed by atoms with Crippen molar-refractivity contribution in [3.63, 3.8) is 0 Å². The Bertz CT molecular complexity index is 679. The Balaban J connectivity index is 1.84. The Morgan fingerprint density at radius 3 is 2.76 bits per heavy atom. The smallest absolute Gasteiger partial charge is 0.344 e. The summed E-state index contributed by atoms with van der Waals surface area (Å²) < 4.78 is 23.0. The van der Waals surface area contributed by atoms with Crippen molar-refractivity contribution in [1.29, 1.82) is 5.26 Å². The first-order valence-corrected chi connectivity index (χ1v) is 6.21. The molecule has 5 heteroatoms. The molecule has 0 saturated heterocycles. The largest absolute Gasteiger partial charge is 0.482 e. The normalized spacial score (nSPS) is 9.71. The van der Waals surface area contributed by atoms with E-state index in [9.17, 15) is 9.18 Å². The van der Waals surface area contributed by atoms with Crippen molar-refractivity contribution in [3.05, 3.63) is 65.5 Å². The van der Waals surface area contributed by atoms with Crippen molar-refractivity contribution in [2.45, 2.75) is 6.61 Å². The van der Waals surface area contributed by atoms with Crippen LogP contribution in [0.2, 0.25) is 0 Å². The van der Waals surface area contributed by atoms with E-state index in [0.717, 1.165) is 0 Å². The monoisotopic (exact) mass is 285 g/mol. The van der Waals surface area contributed by atoms with E-state index in [2.05, 4.69) is 0 Å². The molecule has 0 radical (unpaired) electrons. The van der Waals surface area contributed by atoms with Gasteiger partial charge in [-0.25, -0.2) is 9.18 Å². The minimum absolute atomic E-state index is 0.00488. The molecule has 0 aliphatic heterocycles. The van der Waals surface area contributed by atoms with Crippen LogP contribution in [0.15, 0.2) is 48.5 Å². The average Bonchev–Trinajstić information content (AvgIpc) is 2.51. The van der Waals surface area contributed by atoms with Gasteiger partial charge in [-0.05, 0) is 18.2 Å². The van der Waals surface area contributed by atoms with Gasteiger partial charge in [0.15, 0.2) is 6.61 Å². The maximum absolute atomic E-state index is 12.9. The standard InChI is InChI=1S/C16H12FNO3/c17-14-6-3-7-15(8-14)20-11-16(19)21-10-13-5-2-1-4-12(13)9-18/h1-8H,10-11H2. The van der Waals surface area contributed by atoms with E-state index in [1.165, 1.54) is 18.2 Å². The van der Waals surface area contributed by atoms with Crippen LogP contribution in [0.1, 0.15) is 11.1 Å². The van der Waals surface area contributed by atoms with Gasteiger partial charge in [-0.3, -0.25) is 0 Å². The Labute approximate surface area is 121 Å². The van der Waals surface area contributed by atoms with E-state index >= 15 is 0 Å². The summed E-state index contributed by atoms with van der Waals surface area (Å²) in [5.41, 5.74) is 1.08. The van der Waals surface area contributed by atoms with Gasteiger partial charge in [0.2, 0.25) is 0 Å². The summed E-state index contributed by atoms with van der Waals surface area (Å²) in [6.07, 6.45) is 0. The van der Waals surface area contributed by atoms with Crippen molar-refractivity contribution in [2.75, 3.05) is 6.61 Å². The van der Waals surface area contributed by atoms with E-state index in [1.54, 1.807) is 30.3 Å². The lowest BCUT2D eigenvalue weighted by Gasteiger charge is -2.08. The fraction of sp³-hybridized carbons (Fsp3) is 0.125. The molecule has 2 rings (SSSR count). The highest BCUT2D eigenvalue weighted by atomic mass is 19.1. The molecule has 0 heterocycles. The van der Waals surface area contributed by atoms with Gasteiger partial charge in [-0.15, -0.1) is 0 Å². The first-order valence-electron chi connectivity index (χ1n) is 6.21. The van der Waals surface area contributed by atoms with Crippen LogP contribution in [0.5, 0.6) is 5.75 Å². The Kier molecular flexibility index (Phi) is 4.89. The molecule has 4 nitrogen and oxygen atoms in total. The molecule has 21 heavy (non-hydrogen) atoms. The van der Waals surface area contributed by atoms with E-state index in [1.807, 2.05) is 6.07 Å². The van der Waals surface area contributed by atoms with Gasteiger partial charge in [0.1, 0.15) is 18.2 Å². The van der Waals surface area contributed by atoms with Crippen molar-refractivity contribution < 1.29 is 18.7 Å². The molecule has 0 bridgehead atoms. The molecule has 2 aromatic rings. The lowest BCUT2D eigenvalue weighted by atomic mass is 10.1. The predicted octanol–water partition coefficient (Wildman–Crippen LogP) is 2.82. The van der Waals surface area contributed by atoms with Crippen LogP contribution in [0.4, 0.5) is 4.39 Å². The summed E-state index contributed by atoms with van der Waals surface area (Å²) in [6.45, 7) is -0.326. The van der Waals surface area contributed by atoms with Gasteiger partial charge in [0.05, 0.1) is 11.6 Å². The van der Waals surface area contributed by atoms with E-state index in [4.69, 9.17) is 14.7 Å². The van der Waals surface area contributed by atoms with E-state index < -0.39 is 11.8 Å². The second-order valence-electron chi connectivity index (χ2n) is 4.18. The predicted molar refractivity (Wildman–Crippen MR) is 72.8 cm³/mol. The first-order chi connectivity index (χ1) is 10.2. The number of hydrogen-bond donors (Lipinski definition) is 0. The van der Waals surface area contributed by atoms with Crippen LogP contribution in [0.3, 0.4) is 0 Å². The molecule has 0 amide bonds. The highest BCUT2D eigenvalue weighted by Crippen LogP contribution is 2.12. The van der Waals surface area contributed by atoms with Crippen LogP contribution >= 0.6 is 0 Å². The maximum Gasteiger partial charge on any atom is 0.344 e. The Morgan fingerprint density at radius 2 is 2.00 bits per heavy atom. The minimum atomic E-state index is -0.591. The molecular weight excluding hydrogens is 273 g/mol. The molecular formula is C16H12FNO3. The second-order valence-corrected chi connectivity index (χ2v) is 4.18. The molecule has 0 atom stereocenters. The fourth-order valence-electron chi connectivity index (χ4n) is 1.65. The van der Waals surface area contributed by atoms with Gasteiger partial charge in [0, 0.05) is 11.6 Å². The minimum Gasteiger partial charge on any atom is -0.482 e. The van der Waals surface area contributed by atoms with E-state index in [0.29, 0.717) is 11.1 Å². The highest BCUT2D eigenvalue weighted by Gasteiger charge is 2.07. The number of carbonyl (C=O) groups excluding carboxylic acids is 1. The Hall–Kier alpha value is -2.87. The number of ether oxygens (including phenoxy) is 2. The third kappa shape index (κ3) is 4.32. The van der Waals surface area contributed by atoms with Gasteiger partial charge >= 0.3 is 5.97 Å². The summed E-state index contributed by atoms with van der Waals surface area (Å²) in [5, 5.41) is 8.91. The third-order valence-electron chi connectivity index (χ3n) is 2.68. The van der Waals surface area contributed by atoms with E-state index in [-0.39, 0.29) is 19.0 Å². The summed E-state index contributed by atoms with van der Waals surface area (Å²) in [7, 11) is 0. The zero-order chi connectivity index (χ0) is 15.1. The quantitative estimate of drug-likeness (QED) is 0.793. The third-order valence-corrected chi connectivity index (χ3v) is 2.68. The fourth-order valence-corrected chi connectivity index (χ4v) is 1.65. The second kappa shape index (κ2) is 7.06. The summed E-state index contributed by atoms with van der Waals surface area (Å²) in [6, 6.07) is 14.4. The van der Waals surface area contributed by atoms with Crippen LogP contribution in [-0.4, -0.2) is 12.6 Å². The topological polar surface area (TPSA) is 59.3 Å². The summed E-state index contributed by atoms with van der Waals surface area (Å²) >= 11 is 0. The molecule has 106 valence electrons. The average molecular weight is 285 g/mol. The number of hydrogen-bond acceptors (Lipinski definition) is 4. The number of carbonyl (C=O) groups is 1. The number of esters is 1. The van der Waals surface area contributed by atoms with Gasteiger partial charge in [0.25, 0.3) is 0 Å². The van der Waals surface area contributed by atoms with Gasteiger partial charge < -0.3 is 9.47 Å². The molecule has 0 aliphatic carbocycles. The number of benzene rings is 2. The molecule has 2 aromatic carbocycles. The van der Waals surface area contributed by atoms with Crippen LogP contribution in [-0.2, 0) is 16.1 Å². The SMILES string of the molecule is N#Cc1ccccc1COC(=O)COc1cccc(F)c1. The molecule has 0 aromatic heterocycles. The number of halogens is 1. The molecule has 0 N–H and O–H groups in total. The molecule has 0 unspecified atom stereocenters. The Morgan fingerprint density at radius 1 is 1.19 bits per heavy atom. The molecule has 0 spiro atoms. The van der Waals surface area contributed by atoms with Crippen molar-refractivity contribution in [3.8, 4) is 11.8 Å². The highest BCUT2D eigenvalue weighted by molar-refractivity contribution is 5.71. The number of nitriles is 1. The summed E-state index contributed by atoms with van der Waals surface area (Å²) in [4.78, 5) is 11.6. The molecule has 0 saturated carbocycles. The number of rotatable bonds is 5. The van der Waals surface area contributed by atoms with Crippen LogP contribution in [0.25, 0.3) is 0 Å². The van der Waals surface area contributed by atoms with Gasteiger partial charge in [-0.1, -0.05) is 24.3 Å². The molecule has 0 aliphatic rings. The zero-order valence-corrected chi connectivity index (χ0v) is 11.1. The molecule has 0 fully saturated rings. The lowest BCUT2D eigenvalue weighted by Crippen LogP contribution is -2.15. The first kappa shape index (κ1) is 14.5. The maximum atomic E-state index is 12.9. The van der Waals surface area contributed by atoms with Crippen molar-refractivity contribution >= 4 is 5.97 Å². The van der Waals surface area contributed by atoms with Crippen molar-refractivity contribution in [2.24, 2.45) is 0 Å². The van der Waals surface area contributed by atoms with Crippen LogP contribution < -0.4 is 4.74 Å². The lowest BCUT2D eigenvalue weighted by molar-refractivity contribution is -0.147. The zero-order valence-electron chi connectivity index (χ0n) is 11.1.